The fourth-order valence-electron chi connectivity index (χ4n) is 1.71. The zero-order valence-corrected chi connectivity index (χ0v) is 9.01. The average molecular weight is 222 g/mol. The van der Waals surface area contributed by atoms with Crippen LogP contribution >= 0.6 is 0 Å². The fraction of sp³-hybridized carbons (Fsp3) is 0.417. The van der Waals surface area contributed by atoms with Crippen LogP contribution in [0.3, 0.4) is 0 Å². The third-order valence-electron chi connectivity index (χ3n) is 2.76. The summed E-state index contributed by atoms with van der Waals surface area (Å²) < 4.78 is 4.77. The summed E-state index contributed by atoms with van der Waals surface area (Å²) in [6.07, 6.45) is 0.538. The number of carbonyl (C=O) groups is 1. The van der Waals surface area contributed by atoms with E-state index in [1.807, 2.05) is 0 Å². The normalized spacial score (nSPS) is 17.1. The molecule has 1 fully saturated rings. The van der Waals surface area contributed by atoms with Gasteiger partial charge in [0.05, 0.1) is 5.56 Å². The van der Waals surface area contributed by atoms with Gasteiger partial charge in [0.2, 0.25) is 0 Å². The van der Waals surface area contributed by atoms with Crippen LogP contribution in [-0.4, -0.2) is 23.1 Å². The number of phenolic OH excluding ortho intramolecular Hbond substituents is 1. The molecule has 1 aliphatic carbocycles. The van der Waals surface area contributed by atoms with Gasteiger partial charge in [-0.15, -0.1) is 0 Å². The first-order valence-electron chi connectivity index (χ1n) is 5.22. The Hall–Kier alpha value is -1.39. The van der Waals surface area contributed by atoms with Gasteiger partial charge >= 0.3 is 0 Å². The number of phenols is 1. The highest BCUT2D eigenvalue weighted by Crippen LogP contribution is 2.37. The van der Waals surface area contributed by atoms with Gasteiger partial charge in [-0.25, -0.2) is 0 Å². The zero-order chi connectivity index (χ0) is 11.7. The molecule has 0 aromatic heterocycles. The van der Waals surface area contributed by atoms with Crippen LogP contribution in [0.15, 0.2) is 18.2 Å². The molecule has 1 saturated carbocycles. The van der Waals surface area contributed by atoms with Crippen molar-refractivity contribution in [3.05, 3.63) is 29.3 Å². The fourth-order valence-corrected chi connectivity index (χ4v) is 1.71. The van der Waals surface area contributed by atoms with E-state index in [9.17, 15) is 15.0 Å². The molecule has 1 atom stereocenters. The first-order valence-corrected chi connectivity index (χ1v) is 5.22. The number of aliphatic hydroxyl groups is 1. The van der Waals surface area contributed by atoms with E-state index in [0.29, 0.717) is 5.56 Å². The number of methoxy groups -OCH3 is 1. The molecule has 1 aromatic carbocycles. The second-order valence-electron chi connectivity index (χ2n) is 3.97. The molecular weight excluding hydrogens is 208 g/mol. The Morgan fingerprint density at radius 3 is 2.75 bits per heavy atom. The maximum absolute atomic E-state index is 11.9. The summed E-state index contributed by atoms with van der Waals surface area (Å²) in [6.45, 7) is 0. The summed E-state index contributed by atoms with van der Waals surface area (Å²) in [7, 11) is 1.35. The van der Waals surface area contributed by atoms with Crippen molar-refractivity contribution >= 4 is 5.78 Å². The quantitative estimate of drug-likeness (QED) is 0.600. The number of hydrogen-bond donors (Lipinski definition) is 2. The number of Topliss-reactive ketones (excluding diaryl/α,β-unsaturated/α-hetero) is 1. The molecule has 0 saturated heterocycles. The minimum Gasteiger partial charge on any atom is -0.507 e. The minimum atomic E-state index is -1.18. The summed E-state index contributed by atoms with van der Waals surface area (Å²) in [6, 6.07) is 4.61. The summed E-state index contributed by atoms with van der Waals surface area (Å²) >= 11 is 0. The lowest BCUT2D eigenvalue weighted by atomic mass is 9.99. The lowest BCUT2D eigenvalue weighted by Gasteiger charge is -2.14. The molecule has 4 heteroatoms. The molecule has 0 heterocycles. The first-order chi connectivity index (χ1) is 7.65. The minimum absolute atomic E-state index is 0.00361. The molecule has 0 amide bonds. The maximum atomic E-state index is 11.9. The molecule has 4 nitrogen and oxygen atoms in total. The van der Waals surface area contributed by atoms with Crippen LogP contribution < -0.4 is 0 Å². The van der Waals surface area contributed by atoms with Crippen LogP contribution in [0.25, 0.3) is 0 Å². The van der Waals surface area contributed by atoms with Gasteiger partial charge in [0.15, 0.2) is 12.1 Å². The number of rotatable bonds is 4. The number of hydrogen-bond acceptors (Lipinski definition) is 4. The van der Waals surface area contributed by atoms with E-state index in [2.05, 4.69) is 0 Å². The molecule has 0 radical (unpaired) electrons. The Morgan fingerprint density at radius 1 is 1.50 bits per heavy atom. The highest BCUT2D eigenvalue weighted by atomic mass is 16.6. The van der Waals surface area contributed by atoms with Gasteiger partial charge in [-0.2, -0.15) is 0 Å². The molecule has 86 valence electrons. The van der Waals surface area contributed by atoms with E-state index in [-0.39, 0.29) is 23.0 Å². The number of aliphatic hydroxyl groups excluding tert-OH is 1. The van der Waals surface area contributed by atoms with E-state index in [0.717, 1.165) is 12.8 Å². The predicted octanol–water partition coefficient (Wildman–Crippen LogP) is 1.62. The highest BCUT2D eigenvalue weighted by Gasteiger charge is 2.34. The van der Waals surface area contributed by atoms with Crippen molar-refractivity contribution in [2.45, 2.75) is 19.1 Å². The average Bonchev–Trinajstić information content (AvgIpc) is 3.10. The van der Waals surface area contributed by atoms with Gasteiger partial charge in [-0.3, -0.25) is 4.79 Å². The third-order valence-corrected chi connectivity index (χ3v) is 2.76. The summed E-state index contributed by atoms with van der Waals surface area (Å²) in [4.78, 5) is 11.9. The maximum Gasteiger partial charge on any atom is 0.181 e. The van der Waals surface area contributed by atoms with Crippen molar-refractivity contribution in [1.82, 2.24) is 0 Å². The van der Waals surface area contributed by atoms with E-state index in [1.54, 1.807) is 12.1 Å². The lowest BCUT2D eigenvalue weighted by Crippen LogP contribution is -2.10. The Bertz CT molecular complexity index is 409. The smallest absolute Gasteiger partial charge is 0.181 e. The van der Waals surface area contributed by atoms with Gasteiger partial charge in [0.25, 0.3) is 0 Å². The second-order valence-corrected chi connectivity index (χ2v) is 3.97. The Labute approximate surface area is 93.5 Å². The van der Waals surface area contributed by atoms with Crippen molar-refractivity contribution in [3.8, 4) is 5.75 Å². The number of aromatic hydroxyl groups is 1. The molecule has 2 rings (SSSR count). The first kappa shape index (κ1) is 11.1. The monoisotopic (exact) mass is 222 g/mol. The van der Waals surface area contributed by atoms with E-state index >= 15 is 0 Å². The van der Waals surface area contributed by atoms with Crippen molar-refractivity contribution in [2.24, 2.45) is 5.92 Å². The van der Waals surface area contributed by atoms with Crippen LogP contribution in [-0.2, 0) is 4.74 Å². The summed E-state index contributed by atoms with van der Waals surface area (Å²) in [5, 5.41) is 19.3. The Morgan fingerprint density at radius 2 is 2.19 bits per heavy atom. The van der Waals surface area contributed by atoms with Crippen molar-refractivity contribution in [2.75, 3.05) is 7.11 Å². The van der Waals surface area contributed by atoms with E-state index in [4.69, 9.17) is 4.74 Å². The van der Waals surface area contributed by atoms with Gasteiger partial charge in [0, 0.05) is 18.6 Å². The lowest BCUT2D eigenvalue weighted by molar-refractivity contribution is -0.0773. The third kappa shape index (κ3) is 1.94. The van der Waals surface area contributed by atoms with Crippen LogP contribution in [0.1, 0.15) is 35.1 Å². The van der Waals surface area contributed by atoms with E-state index in [1.165, 1.54) is 13.2 Å². The zero-order valence-electron chi connectivity index (χ0n) is 9.01. The topological polar surface area (TPSA) is 66.8 Å². The molecule has 0 spiro atoms. The largest absolute Gasteiger partial charge is 0.507 e. The van der Waals surface area contributed by atoms with Crippen LogP contribution in [0.5, 0.6) is 5.75 Å². The Kier molecular flexibility index (Phi) is 2.94. The molecule has 1 aliphatic rings. The molecule has 16 heavy (non-hydrogen) atoms. The molecule has 0 bridgehead atoms. The van der Waals surface area contributed by atoms with Crippen molar-refractivity contribution < 1.29 is 19.7 Å². The van der Waals surface area contributed by atoms with Crippen LogP contribution in [0.4, 0.5) is 0 Å². The number of ketones is 1. The van der Waals surface area contributed by atoms with Crippen molar-refractivity contribution in [3.63, 3.8) is 0 Å². The molecular formula is C12H14O4. The SMILES string of the molecule is COC(O)c1cccc(O)c1C(=O)C1CC1. The van der Waals surface area contributed by atoms with Crippen LogP contribution in [0.2, 0.25) is 0 Å². The number of benzene rings is 1. The van der Waals surface area contributed by atoms with E-state index < -0.39 is 6.29 Å². The Balaban J connectivity index is 2.43. The molecule has 1 unspecified atom stereocenters. The molecule has 1 aromatic rings. The van der Waals surface area contributed by atoms with Crippen molar-refractivity contribution in [1.29, 1.82) is 0 Å². The highest BCUT2D eigenvalue weighted by molar-refractivity contribution is 6.02. The van der Waals surface area contributed by atoms with Gasteiger partial charge in [-0.05, 0) is 18.9 Å². The molecule has 2 N–H and O–H groups in total. The van der Waals surface area contributed by atoms with Gasteiger partial charge < -0.3 is 14.9 Å². The summed E-state index contributed by atoms with van der Waals surface area (Å²) in [5.74, 6) is -0.203. The standard InChI is InChI=1S/C12H14O4/c1-16-12(15)8-3-2-4-9(13)10(8)11(14)7-5-6-7/h2-4,7,12-13,15H,5-6H2,1H3. The van der Waals surface area contributed by atoms with Gasteiger partial charge in [0.1, 0.15) is 5.75 Å². The molecule has 0 aliphatic heterocycles. The number of ether oxygens (including phenoxy) is 1. The second kappa shape index (κ2) is 4.23. The number of carbonyl (C=O) groups excluding carboxylic acids is 1. The summed E-state index contributed by atoms with van der Waals surface area (Å²) in [5.41, 5.74) is 0.527. The van der Waals surface area contributed by atoms with Crippen LogP contribution in [0, 0.1) is 5.92 Å². The predicted molar refractivity (Wildman–Crippen MR) is 57.1 cm³/mol. The van der Waals surface area contributed by atoms with Gasteiger partial charge in [-0.1, -0.05) is 12.1 Å².